The second-order valence-electron chi connectivity index (χ2n) is 2.88. The maximum Gasteiger partial charge on any atom is 0.133 e. The molecular formula is C8H7Br2N3O. The molecule has 0 aromatic carbocycles. The number of aromatic nitrogens is 3. The summed E-state index contributed by atoms with van der Waals surface area (Å²) in [5.41, 5.74) is 0.860. The summed E-state index contributed by atoms with van der Waals surface area (Å²) in [6, 6.07) is 3.77. The number of nitrogens with zero attached hydrogens (tertiary/aromatic N) is 3. The van der Waals surface area contributed by atoms with E-state index >= 15 is 0 Å². The zero-order valence-electron chi connectivity index (χ0n) is 7.37. The van der Waals surface area contributed by atoms with Gasteiger partial charge in [-0.2, -0.15) is 5.10 Å². The van der Waals surface area contributed by atoms with Crippen molar-refractivity contribution in [1.82, 2.24) is 14.9 Å². The molecule has 0 N–H and O–H groups in total. The second-order valence-corrected chi connectivity index (χ2v) is 4.50. The number of halogens is 2. The Bertz CT molecular complexity index is 449. The Labute approximate surface area is 97.5 Å². The standard InChI is InChI=1S/C8H7Br2N3O/c1-5-2-6(12-14-5)4-13-8(10)3-7(9)11-13/h2-3H,4H2,1H3. The minimum atomic E-state index is 0.601. The number of aryl methyl sites for hydroxylation is 1. The quantitative estimate of drug-likeness (QED) is 0.854. The van der Waals surface area contributed by atoms with Crippen LogP contribution in [0.4, 0.5) is 0 Å². The maximum absolute atomic E-state index is 4.97. The van der Waals surface area contributed by atoms with Crippen LogP contribution in [-0.4, -0.2) is 14.9 Å². The minimum absolute atomic E-state index is 0.601. The van der Waals surface area contributed by atoms with Crippen molar-refractivity contribution < 1.29 is 4.52 Å². The van der Waals surface area contributed by atoms with E-state index in [9.17, 15) is 0 Å². The fraction of sp³-hybridized carbons (Fsp3) is 0.250. The highest BCUT2D eigenvalue weighted by molar-refractivity contribution is 9.11. The lowest BCUT2D eigenvalue weighted by atomic mass is 10.4. The molecule has 4 nitrogen and oxygen atoms in total. The van der Waals surface area contributed by atoms with Crippen molar-refractivity contribution in [3.8, 4) is 0 Å². The van der Waals surface area contributed by atoms with Crippen molar-refractivity contribution in [3.05, 3.63) is 32.8 Å². The van der Waals surface area contributed by atoms with E-state index in [0.717, 1.165) is 20.7 Å². The molecule has 74 valence electrons. The average Bonchev–Trinajstić information content (AvgIpc) is 2.61. The molecule has 0 radical (unpaired) electrons. The summed E-state index contributed by atoms with van der Waals surface area (Å²) >= 11 is 6.69. The third-order valence-corrected chi connectivity index (χ3v) is 2.72. The SMILES string of the molecule is Cc1cc(Cn2nc(Br)cc2Br)no1. The third kappa shape index (κ3) is 2.06. The van der Waals surface area contributed by atoms with Crippen LogP contribution in [0, 0.1) is 6.92 Å². The number of hydrogen-bond acceptors (Lipinski definition) is 3. The van der Waals surface area contributed by atoms with Crippen molar-refractivity contribution in [3.63, 3.8) is 0 Å². The molecule has 2 heterocycles. The molecule has 6 heteroatoms. The molecule has 0 saturated heterocycles. The van der Waals surface area contributed by atoms with E-state index in [1.165, 1.54) is 0 Å². The maximum atomic E-state index is 4.97. The van der Waals surface area contributed by atoms with Gasteiger partial charge in [0.2, 0.25) is 0 Å². The van der Waals surface area contributed by atoms with Gasteiger partial charge in [-0.3, -0.25) is 4.68 Å². The summed E-state index contributed by atoms with van der Waals surface area (Å²) < 4.78 is 8.46. The first-order valence-corrected chi connectivity index (χ1v) is 5.55. The van der Waals surface area contributed by atoms with Crippen molar-refractivity contribution in [1.29, 1.82) is 0 Å². The van der Waals surface area contributed by atoms with Crippen LogP contribution in [-0.2, 0) is 6.54 Å². The number of hydrogen-bond donors (Lipinski definition) is 0. The van der Waals surface area contributed by atoms with Crippen molar-refractivity contribution >= 4 is 31.9 Å². The van der Waals surface area contributed by atoms with E-state index < -0.39 is 0 Å². The average molecular weight is 321 g/mol. The molecule has 0 fully saturated rings. The van der Waals surface area contributed by atoms with Crippen LogP contribution in [0.25, 0.3) is 0 Å². The van der Waals surface area contributed by atoms with E-state index in [4.69, 9.17) is 4.52 Å². The molecule has 0 saturated carbocycles. The van der Waals surface area contributed by atoms with Crippen molar-refractivity contribution in [2.75, 3.05) is 0 Å². The lowest BCUT2D eigenvalue weighted by Gasteiger charge is -1.97. The molecule has 0 aliphatic carbocycles. The Kier molecular flexibility index (Phi) is 2.73. The lowest BCUT2D eigenvalue weighted by molar-refractivity contribution is 0.387. The van der Waals surface area contributed by atoms with Crippen LogP contribution < -0.4 is 0 Å². The van der Waals surface area contributed by atoms with Gasteiger partial charge >= 0.3 is 0 Å². The minimum Gasteiger partial charge on any atom is -0.361 e. The Balaban J connectivity index is 2.22. The number of rotatable bonds is 2. The Morgan fingerprint density at radius 2 is 2.21 bits per heavy atom. The fourth-order valence-corrected chi connectivity index (χ4v) is 2.26. The normalized spacial score (nSPS) is 10.8. The largest absolute Gasteiger partial charge is 0.361 e. The van der Waals surface area contributed by atoms with Crippen LogP contribution in [0.1, 0.15) is 11.5 Å². The predicted molar refractivity (Wildman–Crippen MR) is 58.0 cm³/mol. The zero-order chi connectivity index (χ0) is 10.1. The predicted octanol–water partition coefficient (Wildman–Crippen LogP) is 2.75. The highest BCUT2D eigenvalue weighted by Gasteiger charge is 2.06. The van der Waals surface area contributed by atoms with Crippen molar-refractivity contribution in [2.45, 2.75) is 13.5 Å². The first-order chi connectivity index (χ1) is 6.65. The third-order valence-electron chi connectivity index (χ3n) is 1.69. The summed E-state index contributed by atoms with van der Waals surface area (Å²) in [6.45, 7) is 2.47. The second kappa shape index (κ2) is 3.86. The summed E-state index contributed by atoms with van der Waals surface area (Å²) in [7, 11) is 0. The molecule has 2 aromatic rings. The summed E-state index contributed by atoms with van der Waals surface area (Å²) in [6.07, 6.45) is 0. The molecular weight excluding hydrogens is 314 g/mol. The van der Waals surface area contributed by atoms with Gasteiger partial charge in [0.1, 0.15) is 20.7 Å². The van der Waals surface area contributed by atoms with Gasteiger partial charge in [-0.15, -0.1) is 0 Å². The molecule has 0 unspecified atom stereocenters. The molecule has 0 aliphatic heterocycles. The summed E-state index contributed by atoms with van der Waals surface area (Å²) in [5.74, 6) is 0.808. The highest BCUT2D eigenvalue weighted by atomic mass is 79.9. The molecule has 0 bridgehead atoms. The van der Waals surface area contributed by atoms with Gasteiger partial charge in [-0.1, -0.05) is 5.16 Å². The fourth-order valence-electron chi connectivity index (χ4n) is 1.12. The topological polar surface area (TPSA) is 43.9 Å². The molecule has 0 aliphatic rings. The zero-order valence-corrected chi connectivity index (χ0v) is 10.5. The van der Waals surface area contributed by atoms with Gasteiger partial charge < -0.3 is 4.52 Å². The van der Waals surface area contributed by atoms with Gasteiger partial charge in [0.25, 0.3) is 0 Å². The summed E-state index contributed by atoms with van der Waals surface area (Å²) in [4.78, 5) is 0. The van der Waals surface area contributed by atoms with Gasteiger partial charge in [-0.25, -0.2) is 0 Å². The molecule has 0 spiro atoms. The monoisotopic (exact) mass is 319 g/mol. The molecule has 14 heavy (non-hydrogen) atoms. The van der Waals surface area contributed by atoms with Crippen LogP contribution in [0.2, 0.25) is 0 Å². The Morgan fingerprint density at radius 3 is 2.71 bits per heavy atom. The van der Waals surface area contributed by atoms with Crippen LogP contribution in [0.5, 0.6) is 0 Å². The van der Waals surface area contributed by atoms with E-state index in [2.05, 4.69) is 42.1 Å². The highest BCUT2D eigenvalue weighted by Crippen LogP contribution is 2.17. The first-order valence-electron chi connectivity index (χ1n) is 3.96. The van der Waals surface area contributed by atoms with E-state index in [-0.39, 0.29) is 0 Å². The first kappa shape index (κ1) is 9.92. The van der Waals surface area contributed by atoms with Crippen LogP contribution in [0.15, 0.2) is 25.9 Å². The van der Waals surface area contributed by atoms with Gasteiger partial charge in [-0.05, 0) is 38.8 Å². The Hall–Kier alpha value is -0.620. The lowest BCUT2D eigenvalue weighted by Crippen LogP contribution is -2.01. The molecule has 0 atom stereocenters. The summed E-state index contributed by atoms with van der Waals surface area (Å²) in [5, 5.41) is 8.11. The van der Waals surface area contributed by atoms with E-state index in [1.807, 2.05) is 19.1 Å². The Morgan fingerprint density at radius 1 is 1.43 bits per heavy atom. The molecule has 0 amide bonds. The van der Waals surface area contributed by atoms with Gasteiger partial charge in [0, 0.05) is 12.1 Å². The van der Waals surface area contributed by atoms with E-state index in [1.54, 1.807) is 4.68 Å². The van der Waals surface area contributed by atoms with Gasteiger partial charge in [0.05, 0.1) is 6.54 Å². The van der Waals surface area contributed by atoms with E-state index in [0.29, 0.717) is 6.54 Å². The van der Waals surface area contributed by atoms with Crippen LogP contribution in [0.3, 0.4) is 0 Å². The smallest absolute Gasteiger partial charge is 0.133 e. The van der Waals surface area contributed by atoms with Gasteiger partial charge in [0.15, 0.2) is 0 Å². The van der Waals surface area contributed by atoms with Crippen LogP contribution >= 0.6 is 31.9 Å². The van der Waals surface area contributed by atoms with Crippen molar-refractivity contribution in [2.24, 2.45) is 0 Å². The molecule has 2 aromatic heterocycles. The molecule has 2 rings (SSSR count).